The first-order valence-corrected chi connectivity index (χ1v) is 3.10. The average Bonchev–Trinajstić information content (AvgIpc) is 2.84. The van der Waals surface area contributed by atoms with Gasteiger partial charge in [0, 0.05) is 113 Å². The average molecular weight is 476 g/mol. The number of hydrogen-bond donors (Lipinski definition) is 0. The molecule has 0 spiro atoms. The molecule has 12 nitrogen and oxygen atoms in total. The van der Waals surface area contributed by atoms with Gasteiger partial charge in [0.05, 0.1) is 0 Å². The van der Waals surface area contributed by atoms with Crippen LogP contribution in [0.15, 0.2) is 0 Å². The van der Waals surface area contributed by atoms with Crippen LogP contribution in [0, 0.1) is 142 Å². The van der Waals surface area contributed by atoms with Crippen LogP contribution in [-0.2, 0) is 34.1 Å². The third-order valence-electron chi connectivity index (χ3n) is 0. The SMILES string of the molecule is C#N.C#N.C#N.C#N.C#N.C#N.C#N.C#N.C#N.C#N.C#N.C#N.[Fe].[Fe].[KH]. The topological polar surface area (TPSA) is 285 Å². The first kappa shape index (κ1) is 164. The fourth-order valence-electron chi connectivity index (χ4n) is 0. The molecule has 0 atom stereocenters. The summed E-state index contributed by atoms with van der Waals surface area (Å²) in [7, 11) is 0. The summed E-state index contributed by atoms with van der Waals surface area (Å²) in [6.07, 6.45) is 0. The standard InChI is InChI=1S/12CHN.2Fe.K.H/c12*1-2;;;;/h12*1H;;;;. The first-order chi connectivity index (χ1) is 12.0. The molecule has 27 heavy (non-hydrogen) atoms. The molecule has 0 amide bonds. The van der Waals surface area contributed by atoms with Crippen LogP contribution in [-0.4, -0.2) is 51.4 Å². The molecule has 0 saturated carbocycles. The molecule has 0 fully saturated rings. The normalized spacial score (nSPS) is 0.889. The first-order valence-electron chi connectivity index (χ1n) is 3.10. The summed E-state index contributed by atoms with van der Waals surface area (Å²) >= 11 is 0. The minimum atomic E-state index is 0. The van der Waals surface area contributed by atoms with Gasteiger partial charge < -0.3 is 0 Å². The van der Waals surface area contributed by atoms with Crippen LogP contribution in [0.3, 0.4) is 0 Å². The molecule has 0 N–H and O–H groups in total. The molecular formula is C12H13Fe2KN12. The van der Waals surface area contributed by atoms with Gasteiger partial charge in [-0.3, -0.25) is 0 Å². The van der Waals surface area contributed by atoms with Crippen LogP contribution < -0.4 is 0 Å². The molecule has 0 radical (unpaired) electrons. The van der Waals surface area contributed by atoms with E-state index in [0.29, 0.717) is 0 Å². The van der Waals surface area contributed by atoms with E-state index in [-0.39, 0.29) is 85.5 Å². The van der Waals surface area contributed by atoms with E-state index >= 15 is 0 Å². The Morgan fingerprint density at radius 1 is 0.185 bits per heavy atom. The molecule has 0 bridgehead atoms. The molecule has 0 aromatic rings. The Kier molecular flexibility index (Phi) is 5360. The van der Waals surface area contributed by atoms with Crippen molar-refractivity contribution in [3.8, 4) is 78.9 Å². The fourth-order valence-corrected chi connectivity index (χ4v) is 0. The van der Waals surface area contributed by atoms with Crippen LogP contribution in [0.2, 0.25) is 0 Å². The molecule has 0 unspecified atom stereocenters. The summed E-state index contributed by atoms with van der Waals surface area (Å²) in [6, 6.07) is 0. The number of rotatable bonds is 0. The molecule has 0 aliphatic heterocycles. The van der Waals surface area contributed by atoms with E-state index in [1.54, 1.807) is 0 Å². The number of nitrogens with zero attached hydrogens (tertiary/aromatic N) is 12. The summed E-state index contributed by atoms with van der Waals surface area (Å²) in [5, 5.41) is 78.0. The van der Waals surface area contributed by atoms with Crippen LogP contribution in [0.4, 0.5) is 0 Å². The summed E-state index contributed by atoms with van der Waals surface area (Å²) < 4.78 is 0. The molecule has 15 heteroatoms. The molecule has 0 rings (SSSR count). The second kappa shape index (κ2) is 883. The van der Waals surface area contributed by atoms with Gasteiger partial charge >= 0.3 is 51.4 Å². The Morgan fingerprint density at radius 3 is 0.185 bits per heavy atom. The van der Waals surface area contributed by atoms with Gasteiger partial charge in [-0.2, -0.15) is 0 Å². The molecule has 0 aliphatic carbocycles. The molecular weight excluding hydrogens is 463 g/mol. The van der Waals surface area contributed by atoms with Gasteiger partial charge in [-0.05, 0) is 0 Å². The summed E-state index contributed by atoms with van der Waals surface area (Å²) in [5.41, 5.74) is 0. The Balaban J connectivity index is -0.00000000443. The van der Waals surface area contributed by atoms with E-state index in [0.717, 1.165) is 0 Å². The van der Waals surface area contributed by atoms with Crippen molar-refractivity contribution < 1.29 is 34.1 Å². The zero-order valence-electron chi connectivity index (χ0n) is 13.0. The van der Waals surface area contributed by atoms with Crippen molar-refractivity contribution in [3.05, 3.63) is 0 Å². The van der Waals surface area contributed by atoms with Gasteiger partial charge in [0.15, 0.2) is 0 Å². The Labute approximate surface area is 225 Å². The Morgan fingerprint density at radius 2 is 0.185 bits per heavy atom. The Hall–Kier alpha value is -3.44. The quantitative estimate of drug-likeness (QED) is 0.443. The molecule has 0 aromatic carbocycles. The monoisotopic (exact) mass is 476 g/mol. The second-order valence-electron chi connectivity index (χ2n) is 0. The van der Waals surface area contributed by atoms with Gasteiger partial charge in [-0.25, -0.2) is 63.1 Å². The fraction of sp³-hybridized carbons (Fsp3) is 0. The molecule has 138 valence electrons. The van der Waals surface area contributed by atoms with Crippen LogP contribution in [0.5, 0.6) is 0 Å². The molecule has 0 aromatic heterocycles. The van der Waals surface area contributed by atoms with Gasteiger partial charge in [0.2, 0.25) is 0 Å². The summed E-state index contributed by atoms with van der Waals surface area (Å²) in [4.78, 5) is 0. The van der Waals surface area contributed by atoms with Crippen LogP contribution >= 0.6 is 0 Å². The number of nitriles is 12. The van der Waals surface area contributed by atoms with E-state index < -0.39 is 0 Å². The van der Waals surface area contributed by atoms with Crippen molar-refractivity contribution >= 4 is 51.4 Å². The van der Waals surface area contributed by atoms with Gasteiger partial charge in [-0.15, -0.1) is 0 Å². The van der Waals surface area contributed by atoms with Gasteiger partial charge in [0.1, 0.15) is 0 Å². The third kappa shape index (κ3) is 803. The van der Waals surface area contributed by atoms with Gasteiger partial charge in [-0.1, -0.05) is 0 Å². The molecule has 0 heterocycles. The van der Waals surface area contributed by atoms with Crippen molar-refractivity contribution in [3.63, 3.8) is 0 Å². The van der Waals surface area contributed by atoms with E-state index in [2.05, 4.69) is 78.9 Å². The molecule has 0 aliphatic rings. The van der Waals surface area contributed by atoms with E-state index in [1.807, 2.05) is 0 Å². The van der Waals surface area contributed by atoms with Gasteiger partial charge in [0.25, 0.3) is 0 Å². The maximum absolute atomic E-state index is 6.50. The van der Waals surface area contributed by atoms with Crippen molar-refractivity contribution in [2.24, 2.45) is 0 Å². The van der Waals surface area contributed by atoms with E-state index in [4.69, 9.17) is 63.1 Å². The van der Waals surface area contributed by atoms with Crippen molar-refractivity contribution in [1.82, 2.24) is 0 Å². The summed E-state index contributed by atoms with van der Waals surface area (Å²) in [5.74, 6) is 0. The van der Waals surface area contributed by atoms with Crippen molar-refractivity contribution in [2.75, 3.05) is 0 Å². The van der Waals surface area contributed by atoms with Crippen molar-refractivity contribution in [2.45, 2.75) is 0 Å². The minimum absolute atomic E-state index is 0. The third-order valence-corrected chi connectivity index (χ3v) is 0. The summed E-state index contributed by atoms with van der Waals surface area (Å²) in [6.45, 7) is 42.0. The van der Waals surface area contributed by atoms with Crippen LogP contribution in [0.25, 0.3) is 0 Å². The zero-order valence-corrected chi connectivity index (χ0v) is 15.2. The predicted octanol–water partition coefficient (Wildman–Crippen LogP) is 1.02. The van der Waals surface area contributed by atoms with Crippen molar-refractivity contribution in [1.29, 1.82) is 63.1 Å². The second-order valence-corrected chi connectivity index (χ2v) is 0. The van der Waals surface area contributed by atoms with E-state index in [1.165, 1.54) is 0 Å². The molecule has 0 saturated heterocycles. The maximum atomic E-state index is 6.50. The zero-order chi connectivity index (χ0) is 24.0. The Bertz CT molecular complexity index is 226. The predicted molar refractivity (Wildman–Crippen MR) is 87.2 cm³/mol. The van der Waals surface area contributed by atoms with E-state index in [9.17, 15) is 0 Å². The van der Waals surface area contributed by atoms with Crippen LogP contribution in [0.1, 0.15) is 0 Å². The number of hydrogen-bond acceptors (Lipinski definition) is 12.